The highest BCUT2D eigenvalue weighted by Gasteiger charge is 2.55. The summed E-state index contributed by atoms with van der Waals surface area (Å²) in [5.41, 5.74) is -2.23. The molecular formula is C4H7F3N2O2. The van der Waals surface area contributed by atoms with Crippen LogP contribution >= 0.6 is 0 Å². The van der Waals surface area contributed by atoms with E-state index in [1.807, 2.05) is 0 Å². The smallest absolute Gasteiger partial charge is 0.373 e. The molecule has 0 aromatic rings. The molecule has 0 rings (SSSR count). The van der Waals surface area contributed by atoms with Crippen molar-refractivity contribution in [1.82, 2.24) is 5.43 Å². The average molecular weight is 172 g/mol. The second kappa shape index (κ2) is 2.67. The quantitative estimate of drug-likeness (QED) is 0.278. The van der Waals surface area contributed by atoms with Gasteiger partial charge in [0.05, 0.1) is 0 Å². The number of alkyl halides is 3. The standard InChI is InChI=1S/C4H7F3N2O2/c1-3(11,2(10)9-8)4(5,6)7/h11H,8H2,1H3,(H,9,10)/t3-/m1/s1. The highest BCUT2D eigenvalue weighted by Crippen LogP contribution is 2.29. The summed E-state index contributed by atoms with van der Waals surface area (Å²) < 4.78 is 35.1. The van der Waals surface area contributed by atoms with Gasteiger partial charge in [0, 0.05) is 0 Å². The normalized spacial score (nSPS) is 17.3. The van der Waals surface area contributed by atoms with E-state index in [-0.39, 0.29) is 0 Å². The Kier molecular flexibility index (Phi) is 2.47. The Bertz CT molecular complexity index is 165. The first-order chi connectivity index (χ1) is 4.73. The SMILES string of the molecule is C[C@@](O)(C(=O)NN)C(F)(F)F. The number of nitrogens with two attached hydrogens (primary N) is 1. The van der Waals surface area contributed by atoms with Gasteiger partial charge >= 0.3 is 6.18 Å². The minimum Gasteiger partial charge on any atom is -0.373 e. The number of nitrogens with one attached hydrogen (secondary N) is 1. The molecule has 0 bridgehead atoms. The molecule has 4 nitrogen and oxygen atoms in total. The number of carbonyl (C=O) groups excluding carboxylic acids is 1. The van der Waals surface area contributed by atoms with Crippen molar-refractivity contribution in [2.24, 2.45) is 5.84 Å². The molecule has 1 amide bonds. The highest BCUT2D eigenvalue weighted by molar-refractivity contribution is 5.84. The third kappa shape index (κ3) is 1.81. The van der Waals surface area contributed by atoms with E-state index in [1.54, 1.807) is 0 Å². The molecule has 0 fully saturated rings. The van der Waals surface area contributed by atoms with Crippen molar-refractivity contribution in [2.75, 3.05) is 0 Å². The molecule has 0 unspecified atom stereocenters. The summed E-state index contributed by atoms with van der Waals surface area (Å²) in [7, 11) is 0. The van der Waals surface area contributed by atoms with Crippen LogP contribution in [0.1, 0.15) is 6.92 Å². The first-order valence-corrected chi connectivity index (χ1v) is 2.53. The molecular weight excluding hydrogens is 165 g/mol. The fraction of sp³-hybridized carbons (Fsp3) is 0.750. The van der Waals surface area contributed by atoms with Crippen molar-refractivity contribution in [3.8, 4) is 0 Å². The molecule has 7 heteroatoms. The molecule has 0 radical (unpaired) electrons. The number of hydrogen-bond acceptors (Lipinski definition) is 3. The summed E-state index contributed by atoms with van der Waals surface area (Å²) in [5, 5.41) is 8.50. The third-order valence-electron chi connectivity index (χ3n) is 1.13. The lowest BCUT2D eigenvalue weighted by atomic mass is 10.1. The Labute approximate surface area is 60.1 Å². The first kappa shape index (κ1) is 10.2. The van der Waals surface area contributed by atoms with Gasteiger partial charge in [0.2, 0.25) is 5.60 Å². The molecule has 0 saturated carbocycles. The maximum Gasteiger partial charge on any atom is 0.426 e. The zero-order valence-electron chi connectivity index (χ0n) is 5.57. The van der Waals surface area contributed by atoms with E-state index in [2.05, 4.69) is 5.84 Å². The third-order valence-corrected chi connectivity index (χ3v) is 1.13. The van der Waals surface area contributed by atoms with E-state index in [1.165, 1.54) is 5.43 Å². The van der Waals surface area contributed by atoms with Crippen LogP contribution < -0.4 is 11.3 Å². The van der Waals surface area contributed by atoms with E-state index in [0.717, 1.165) is 0 Å². The van der Waals surface area contributed by atoms with Crippen LogP contribution in [0, 0.1) is 0 Å². The van der Waals surface area contributed by atoms with Crippen LogP contribution in [0.2, 0.25) is 0 Å². The number of rotatable bonds is 1. The topological polar surface area (TPSA) is 75.3 Å². The van der Waals surface area contributed by atoms with Gasteiger partial charge in [0.15, 0.2) is 0 Å². The Balaban J connectivity index is 4.59. The lowest BCUT2D eigenvalue weighted by molar-refractivity contribution is -0.245. The molecule has 1 atom stereocenters. The predicted octanol–water partition coefficient (Wildman–Crippen LogP) is -0.710. The summed E-state index contributed by atoms with van der Waals surface area (Å²) in [4.78, 5) is 10.3. The van der Waals surface area contributed by atoms with Crippen molar-refractivity contribution in [3.63, 3.8) is 0 Å². The van der Waals surface area contributed by atoms with Crippen molar-refractivity contribution in [3.05, 3.63) is 0 Å². The van der Waals surface area contributed by atoms with Crippen LogP contribution in [-0.2, 0) is 4.79 Å². The maximum atomic E-state index is 11.7. The fourth-order valence-electron chi connectivity index (χ4n) is 0.269. The molecule has 11 heavy (non-hydrogen) atoms. The van der Waals surface area contributed by atoms with Crippen molar-refractivity contribution < 1.29 is 23.1 Å². The second-order valence-electron chi connectivity index (χ2n) is 2.04. The molecule has 66 valence electrons. The van der Waals surface area contributed by atoms with Gasteiger partial charge < -0.3 is 5.11 Å². The zero-order chi connectivity index (χ0) is 9.28. The molecule has 4 N–H and O–H groups in total. The van der Waals surface area contributed by atoms with Gasteiger partial charge in [-0.3, -0.25) is 10.2 Å². The van der Waals surface area contributed by atoms with Gasteiger partial charge in [0.1, 0.15) is 0 Å². The Morgan fingerprint density at radius 2 is 1.91 bits per heavy atom. The van der Waals surface area contributed by atoms with Gasteiger partial charge in [-0.1, -0.05) is 0 Å². The van der Waals surface area contributed by atoms with E-state index < -0.39 is 17.7 Å². The molecule has 0 saturated heterocycles. The van der Waals surface area contributed by atoms with Crippen molar-refractivity contribution in [1.29, 1.82) is 0 Å². The Morgan fingerprint density at radius 3 is 2.00 bits per heavy atom. The minimum absolute atomic E-state index is 0.315. The zero-order valence-corrected chi connectivity index (χ0v) is 5.57. The highest BCUT2D eigenvalue weighted by atomic mass is 19.4. The van der Waals surface area contributed by atoms with Crippen LogP contribution in [0.25, 0.3) is 0 Å². The van der Waals surface area contributed by atoms with Gasteiger partial charge in [-0.05, 0) is 6.92 Å². The van der Waals surface area contributed by atoms with Crippen LogP contribution in [0.3, 0.4) is 0 Å². The number of halogens is 3. The van der Waals surface area contributed by atoms with Crippen LogP contribution in [0.4, 0.5) is 13.2 Å². The number of carbonyl (C=O) groups is 1. The Morgan fingerprint density at radius 1 is 1.55 bits per heavy atom. The number of hydrazine groups is 1. The summed E-state index contributed by atoms with van der Waals surface area (Å²) in [6.07, 6.45) is -5.02. The van der Waals surface area contributed by atoms with Crippen molar-refractivity contribution >= 4 is 5.91 Å². The fourth-order valence-corrected chi connectivity index (χ4v) is 0.269. The van der Waals surface area contributed by atoms with Gasteiger partial charge in [-0.25, -0.2) is 5.84 Å². The first-order valence-electron chi connectivity index (χ1n) is 2.53. The largest absolute Gasteiger partial charge is 0.426 e. The molecule has 0 aromatic carbocycles. The molecule has 0 aliphatic rings. The number of hydrogen-bond donors (Lipinski definition) is 3. The van der Waals surface area contributed by atoms with E-state index in [4.69, 9.17) is 5.11 Å². The summed E-state index contributed by atoms with van der Waals surface area (Å²) in [6, 6.07) is 0. The van der Waals surface area contributed by atoms with Crippen LogP contribution in [0.15, 0.2) is 0 Å². The second-order valence-corrected chi connectivity index (χ2v) is 2.04. The molecule has 0 heterocycles. The van der Waals surface area contributed by atoms with Gasteiger partial charge in [-0.2, -0.15) is 13.2 Å². The average Bonchev–Trinajstić information content (AvgIpc) is 1.83. The molecule has 0 aromatic heterocycles. The van der Waals surface area contributed by atoms with Gasteiger partial charge in [0.25, 0.3) is 5.91 Å². The minimum atomic E-state index is -5.02. The summed E-state index contributed by atoms with van der Waals surface area (Å²) in [5.74, 6) is 2.71. The summed E-state index contributed by atoms with van der Waals surface area (Å²) in [6.45, 7) is 0.315. The molecule has 0 spiro atoms. The van der Waals surface area contributed by atoms with E-state index in [0.29, 0.717) is 6.92 Å². The molecule has 0 aliphatic heterocycles. The predicted molar refractivity (Wildman–Crippen MR) is 29.0 cm³/mol. The lowest BCUT2D eigenvalue weighted by Gasteiger charge is -2.23. The monoisotopic (exact) mass is 172 g/mol. The van der Waals surface area contributed by atoms with Crippen molar-refractivity contribution in [2.45, 2.75) is 18.7 Å². The van der Waals surface area contributed by atoms with Crippen LogP contribution in [0.5, 0.6) is 0 Å². The maximum absolute atomic E-state index is 11.7. The summed E-state index contributed by atoms with van der Waals surface area (Å²) >= 11 is 0. The lowest BCUT2D eigenvalue weighted by Crippen LogP contribution is -2.56. The van der Waals surface area contributed by atoms with Gasteiger partial charge in [-0.15, -0.1) is 0 Å². The number of aliphatic hydroxyl groups is 1. The van der Waals surface area contributed by atoms with Crippen LogP contribution in [-0.4, -0.2) is 22.8 Å². The Hall–Kier alpha value is -0.820. The van der Waals surface area contributed by atoms with E-state index in [9.17, 15) is 18.0 Å². The number of amides is 1. The molecule has 0 aliphatic carbocycles. The van der Waals surface area contributed by atoms with E-state index >= 15 is 0 Å².